The van der Waals surface area contributed by atoms with Crippen molar-refractivity contribution in [3.8, 4) is 0 Å². The molecule has 108 valence electrons. The first-order valence-corrected chi connectivity index (χ1v) is 7.55. The number of hydrogen-bond acceptors (Lipinski definition) is 1. The Kier molecular flexibility index (Phi) is 10.2. The predicted octanol–water partition coefficient (Wildman–Crippen LogP) is 5.16. The third kappa shape index (κ3) is 7.84. The Morgan fingerprint density at radius 1 is 1.42 bits per heavy atom. The van der Waals surface area contributed by atoms with Gasteiger partial charge in [0.1, 0.15) is 0 Å². The van der Waals surface area contributed by atoms with Crippen LogP contribution in [0.25, 0.3) is 0 Å². The molecule has 0 saturated carbocycles. The van der Waals surface area contributed by atoms with E-state index in [2.05, 4.69) is 26.2 Å². The molecule has 1 nitrogen and oxygen atoms in total. The average molecular weight is 261 g/mol. The van der Waals surface area contributed by atoms with E-state index in [1.807, 2.05) is 32.1 Å². The van der Waals surface area contributed by atoms with Gasteiger partial charge < -0.3 is 5.73 Å². The van der Waals surface area contributed by atoms with Crippen LogP contribution in [0.1, 0.15) is 52.9 Å². The number of nitrogens with two attached hydrogens (primary N) is 1. The second-order valence-corrected chi connectivity index (χ2v) is 5.02. The van der Waals surface area contributed by atoms with Crippen LogP contribution >= 0.6 is 0 Å². The van der Waals surface area contributed by atoms with Crippen LogP contribution in [0.15, 0.2) is 48.6 Å². The molecule has 0 fully saturated rings. The lowest BCUT2D eigenvalue weighted by atomic mass is 9.99. The quantitative estimate of drug-likeness (QED) is 0.536. The van der Waals surface area contributed by atoms with Crippen molar-refractivity contribution in [2.75, 3.05) is 0 Å². The molecule has 2 N–H and O–H groups in total. The molecule has 0 aromatic carbocycles. The van der Waals surface area contributed by atoms with E-state index in [0.29, 0.717) is 12.0 Å². The molecule has 2 atom stereocenters. The number of hydrogen-bond donors (Lipinski definition) is 1. The molecular weight excluding hydrogens is 230 g/mol. The van der Waals surface area contributed by atoms with Crippen LogP contribution in [0.2, 0.25) is 0 Å². The summed E-state index contributed by atoms with van der Waals surface area (Å²) < 4.78 is 0. The highest BCUT2D eigenvalue weighted by atomic mass is 14.6. The maximum Gasteiger partial charge on any atom is 0.00473 e. The average Bonchev–Trinajstić information content (AvgIpc) is 2.57. The van der Waals surface area contributed by atoms with Gasteiger partial charge in [0.15, 0.2) is 0 Å². The molecule has 19 heavy (non-hydrogen) atoms. The van der Waals surface area contributed by atoms with E-state index in [1.165, 1.54) is 5.57 Å². The Balaban J connectivity index is 0.00000154. The van der Waals surface area contributed by atoms with Crippen molar-refractivity contribution < 1.29 is 0 Å². The summed E-state index contributed by atoms with van der Waals surface area (Å²) in [5.41, 5.74) is 8.87. The molecule has 1 heteroatoms. The fourth-order valence-electron chi connectivity index (χ4n) is 2.44. The Hall–Kier alpha value is -1.08. The first kappa shape index (κ1) is 17.9. The molecule has 0 bridgehead atoms. The molecule has 0 aromatic heterocycles. The van der Waals surface area contributed by atoms with Crippen molar-refractivity contribution >= 4 is 0 Å². The summed E-state index contributed by atoms with van der Waals surface area (Å²) in [6, 6.07) is 0.376. The van der Waals surface area contributed by atoms with Crippen LogP contribution < -0.4 is 5.73 Å². The van der Waals surface area contributed by atoms with E-state index < -0.39 is 0 Å². The van der Waals surface area contributed by atoms with Crippen molar-refractivity contribution in [3.63, 3.8) is 0 Å². The molecule has 0 radical (unpaired) electrons. The molecular formula is C18H31N. The predicted molar refractivity (Wildman–Crippen MR) is 88.1 cm³/mol. The van der Waals surface area contributed by atoms with Gasteiger partial charge in [-0.15, -0.1) is 0 Å². The Morgan fingerprint density at radius 3 is 2.68 bits per heavy atom. The molecule has 1 rings (SSSR count). The highest BCUT2D eigenvalue weighted by Gasteiger charge is 2.13. The molecule has 0 saturated heterocycles. The number of rotatable bonds is 5. The molecule has 0 aromatic rings. The van der Waals surface area contributed by atoms with Crippen molar-refractivity contribution in [3.05, 3.63) is 48.6 Å². The maximum absolute atomic E-state index is 6.04. The smallest absolute Gasteiger partial charge is 0.00473 e. The lowest BCUT2D eigenvalue weighted by molar-refractivity contribution is 0.520. The van der Waals surface area contributed by atoms with E-state index in [-0.39, 0.29) is 0 Å². The zero-order valence-corrected chi connectivity index (χ0v) is 13.0. The van der Waals surface area contributed by atoms with E-state index in [0.717, 1.165) is 32.1 Å². The van der Waals surface area contributed by atoms with Crippen molar-refractivity contribution in [2.24, 2.45) is 11.7 Å². The van der Waals surface area contributed by atoms with Gasteiger partial charge in [0, 0.05) is 6.04 Å². The fourth-order valence-corrected chi connectivity index (χ4v) is 2.44. The summed E-state index contributed by atoms with van der Waals surface area (Å²) >= 11 is 0. The largest absolute Gasteiger partial charge is 0.328 e. The highest BCUT2D eigenvalue weighted by molar-refractivity contribution is 5.22. The van der Waals surface area contributed by atoms with E-state index in [4.69, 9.17) is 5.73 Å². The Labute approximate surface area is 120 Å². The summed E-state index contributed by atoms with van der Waals surface area (Å²) in [4.78, 5) is 0. The van der Waals surface area contributed by atoms with Crippen LogP contribution in [-0.4, -0.2) is 6.04 Å². The second kappa shape index (κ2) is 10.8. The zero-order valence-electron chi connectivity index (χ0n) is 13.0. The minimum absolute atomic E-state index is 0.376. The lowest BCUT2D eigenvalue weighted by Crippen LogP contribution is -2.20. The van der Waals surface area contributed by atoms with Gasteiger partial charge in [-0.25, -0.2) is 0 Å². The molecule has 0 amide bonds. The summed E-state index contributed by atoms with van der Waals surface area (Å²) in [5.74, 6) is 0.623. The van der Waals surface area contributed by atoms with Gasteiger partial charge in [0.05, 0.1) is 0 Å². The Morgan fingerprint density at radius 2 is 2.11 bits per heavy atom. The number of allylic oxidation sites excluding steroid dienone is 6. The molecule has 0 heterocycles. The van der Waals surface area contributed by atoms with Gasteiger partial charge in [-0.3, -0.25) is 0 Å². The SMILES string of the molecule is C=C/C=C(\C=C)CCC1=CC(C)CC(N)CC1.CC. The monoisotopic (exact) mass is 261 g/mol. The van der Waals surface area contributed by atoms with Gasteiger partial charge >= 0.3 is 0 Å². The van der Waals surface area contributed by atoms with E-state index in [1.54, 1.807) is 5.57 Å². The van der Waals surface area contributed by atoms with Crippen LogP contribution in [-0.2, 0) is 0 Å². The van der Waals surface area contributed by atoms with Crippen molar-refractivity contribution in [2.45, 2.75) is 58.9 Å². The second-order valence-electron chi connectivity index (χ2n) is 5.02. The minimum Gasteiger partial charge on any atom is -0.328 e. The van der Waals surface area contributed by atoms with Crippen LogP contribution in [0, 0.1) is 5.92 Å². The summed E-state index contributed by atoms with van der Waals surface area (Å²) in [6.07, 6.45) is 13.8. The highest BCUT2D eigenvalue weighted by Crippen LogP contribution is 2.25. The van der Waals surface area contributed by atoms with Gasteiger partial charge in [-0.1, -0.05) is 63.8 Å². The third-order valence-electron chi connectivity index (χ3n) is 3.36. The minimum atomic E-state index is 0.376. The Bertz CT molecular complexity index is 323. The molecule has 1 aliphatic rings. The summed E-state index contributed by atoms with van der Waals surface area (Å²) in [6.45, 7) is 13.8. The van der Waals surface area contributed by atoms with E-state index in [9.17, 15) is 0 Å². The van der Waals surface area contributed by atoms with Gasteiger partial charge in [0.2, 0.25) is 0 Å². The van der Waals surface area contributed by atoms with Gasteiger partial charge in [-0.05, 0) is 43.6 Å². The summed E-state index contributed by atoms with van der Waals surface area (Å²) in [7, 11) is 0. The fraction of sp³-hybridized carbons (Fsp3) is 0.556. The first-order valence-electron chi connectivity index (χ1n) is 7.55. The normalized spacial score (nSPS) is 23.6. The van der Waals surface area contributed by atoms with Crippen LogP contribution in [0.5, 0.6) is 0 Å². The van der Waals surface area contributed by atoms with Crippen molar-refractivity contribution in [1.82, 2.24) is 0 Å². The topological polar surface area (TPSA) is 26.0 Å². The maximum atomic E-state index is 6.04. The van der Waals surface area contributed by atoms with E-state index >= 15 is 0 Å². The molecule has 0 aliphatic heterocycles. The van der Waals surface area contributed by atoms with Crippen LogP contribution in [0.3, 0.4) is 0 Å². The van der Waals surface area contributed by atoms with Gasteiger partial charge in [0.25, 0.3) is 0 Å². The van der Waals surface area contributed by atoms with Crippen LogP contribution in [0.4, 0.5) is 0 Å². The molecule has 2 unspecified atom stereocenters. The third-order valence-corrected chi connectivity index (χ3v) is 3.36. The zero-order chi connectivity index (χ0) is 14.7. The summed E-state index contributed by atoms with van der Waals surface area (Å²) in [5, 5.41) is 0. The lowest BCUT2D eigenvalue weighted by Gasteiger charge is -2.09. The molecule has 1 aliphatic carbocycles. The first-order chi connectivity index (χ1) is 9.15. The standard InChI is InChI=1S/C16H25N.C2H6/c1-4-6-14(5-2)7-8-15-9-10-16(17)12-13(3)11-15;1-2/h4-6,11,13,16H,1-2,7-10,12,17H2,3H3;1-2H3/b14-6+;. The van der Waals surface area contributed by atoms with Gasteiger partial charge in [-0.2, -0.15) is 0 Å². The molecule has 0 spiro atoms. The van der Waals surface area contributed by atoms with Crippen molar-refractivity contribution in [1.29, 1.82) is 0 Å².